The van der Waals surface area contributed by atoms with Crippen LogP contribution in [0.2, 0.25) is 0 Å². The Kier molecular flexibility index (Phi) is 2.82. The lowest BCUT2D eigenvalue weighted by molar-refractivity contribution is -0.386. The minimum Gasteiger partial charge on any atom is -0.330 e. The number of nitro benzene ring substituents is 1. The van der Waals surface area contributed by atoms with E-state index >= 15 is 0 Å². The lowest BCUT2D eigenvalue weighted by atomic mass is 9.64. The van der Waals surface area contributed by atoms with E-state index in [1.54, 1.807) is 0 Å². The van der Waals surface area contributed by atoms with Crippen molar-refractivity contribution < 1.29 is 13.7 Å². The Morgan fingerprint density at radius 2 is 1.94 bits per heavy atom. The van der Waals surface area contributed by atoms with Crippen LogP contribution in [0, 0.1) is 21.7 Å². The van der Waals surface area contributed by atoms with Gasteiger partial charge >= 0.3 is 0 Å². The molecule has 1 aliphatic rings. The van der Waals surface area contributed by atoms with Crippen molar-refractivity contribution >= 4 is 5.69 Å². The molecule has 1 saturated carbocycles. The summed E-state index contributed by atoms with van der Waals surface area (Å²) in [6.07, 6.45) is 2.25. The average molecular weight is 242 g/mol. The van der Waals surface area contributed by atoms with Crippen LogP contribution < -0.4 is 5.73 Å². The number of hydrogen-bond donors (Lipinski definition) is 1. The highest BCUT2D eigenvalue weighted by molar-refractivity contribution is 5.47. The number of benzene rings is 1. The first-order valence-corrected chi connectivity index (χ1v) is 5.34. The van der Waals surface area contributed by atoms with Gasteiger partial charge in [-0.1, -0.05) is 6.42 Å². The molecule has 92 valence electrons. The molecule has 0 aliphatic heterocycles. The van der Waals surface area contributed by atoms with Gasteiger partial charge in [0.1, 0.15) is 0 Å². The quantitative estimate of drug-likeness (QED) is 0.652. The monoisotopic (exact) mass is 242 g/mol. The van der Waals surface area contributed by atoms with Gasteiger partial charge in [-0.05, 0) is 18.9 Å². The van der Waals surface area contributed by atoms with Gasteiger partial charge in [-0.15, -0.1) is 0 Å². The third kappa shape index (κ3) is 1.78. The van der Waals surface area contributed by atoms with Crippen LogP contribution >= 0.6 is 0 Å². The molecule has 0 radical (unpaired) electrons. The fourth-order valence-electron chi connectivity index (χ4n) is 2.30. The Hall–Kier alpha value is -1.56. The number of hydrogen-bond acceptors (Lipinski definition) is 3. The van der Waals surface area contributed by atoms with Crippen molar-refractivity contribution in [3.05, 3.63) is 39.4 Å². The van der Waals surface area contributed by atoms with Crippen molar-refractivity contribution in [3.8, 4) is 0 Å². The highest BCUT2D eigenvalue weighted by atomic mass is 19.2. The maximum Gasteiger partial charge on any atom is 0.276 e. The maximum atomic E-state index is 13.2. The zero-order chi connectivity index (χ0) is 12.6. The molecule has 1 aromatic carbocycles. The minimum absolute atomic E-state index is 0.207. The Labute approximate surface area is 96.6 Å². The van der Waals surface area contributed by atoms with E-state index in [0.717, 1.165) is 12.5 Å². The van der Waals surface area contributed by atoms with Crippen LogP contribution in [0.1, 0.15) is 24.8 Å². The minimum atomic E-state index is -1.20. The second-order valence-corrected chi connectivity index (χ2v) is 4.38. The zero-order valence-corrected chi connectivity index (χ0v) is 9.08. The van der Waals surface area contributed by atoms with Crippen LogP contribution in [0.4, 0.5) is 14.5 Å². The Bertz CT molecular complexity index is 467. The predicted molar refractivity (Wildman–Crippen MR) is 57.6 cm³/mol. The van der Waals surface area contributed by atoms with Gasteiger partial charge in [0.2, 0.25) is 0 Å². The van der Waals surface area contributed by atoms with Gasteiger partial charge in [0, 0.05) is 17.5 Å². The molecule has 1 fully saturated rings. The van der Waals surface area contributed by atoms with Crippen LogP contribution in [0.25, 0.3) is 0 Å². The fraction of sp³-hybridized carbons (Fsp3) is 0.455. The summed E-state index contributed by atoms with van der Waals surface area (Å²) < 4.78 is 26.2. The summed E-state index contributed by atoms with van der Waals surface area (Å²) in [7, 11) is 0. The molecule has 0 unspecified atom stereocenters. The van der Waals surface area contributed by atoms with Crippen molar-refractivity contribution in [2.75, 3.05) is 6.54 Å². The number of nitrogens with two attached hydrogens (primary N) is 1. The summed E-state index contributed by atoms with van der Waals surface area (Å²) in [5, 5.41) is 10.9. The van der Waals surface area contributed by atoms with Crippen molar-refractivity contribution in [3.63, 3.8) is 0 Å². The lowest BCUT2D eigenvalue weighted by Gasteiger charge is -2.40. The molecule has 17 heavy (non-hydrogen) atoms. The van der Waals surface area contributed by atoms with Gasteiger partial charge in [0.15, 0.2) is 11.6 Å². The van der Waals surface area contributed by atoms with Gasteiger partial charge in [0.05, 0.1) is 11.0 Å². The number of rotatable bonds is 3. The molecule has 1 aliphatic carbocycles. The highest BCUT2D eigenvalue weighted by Gasteiger charge is 2.42. The van der Waals surface area contributed by atoms with Crippen molar-refractivity contribution in [2.24, 2.45) is 5.73 Å². The highest BCUT2D eigenvalue weighted by Crippen LogP contribution is 2.46. The molecular weight excluding hydrogens is 230 g/mol. The summed E-state index contributed by atoms with van der Waals surface area (Å²) in [5.41, 5.74) is 4.90. The standard InChI is InChI=1S/C11H12F2N2O2/c12-8-4-7(11(6-14)2-1-3-11)10(15(16)17)5-9(8)13/h4-5H,1-3,6,14H2. The van der Waals surface area contributed by atoms with Crippen LogP contribution in [0.5, 0.6) is 0 Å². The molecule has 0 aromatic heterocycles. The fourth-order valence-corrected chi connectivity index (χ4v) is 2.30. The summed E-state index contributed by atoms with van der Waals surface area (Å²) in [4.78, 5) is 10.2. The molecule has 0 saturated heterocycles. The van der Waals surface area contributed by atoms with E-state index in [9.17, 15) is 18.9 Å². The molecule has 1 aromatic rings. The van der Waals surface area contributed by atoms with E-state index in [4.69, 9.17) is 5.73 Å². The first-order chi connectivity index (χ1) is 8.00. The first kappa shape index (κ1) is 11.9. The Balaban J connectivity index is 2.59. The topological polar surface area (TPSA) is 69.2 Å². The normalized spacial score (nSPS) is 17.6. The molecule has 6 heteroatoms. The summed E-state index contributed by atoms with van der Waals surface area (Å²) in [6.45, 7) is 0.207. The second-order valence-electron chi connectivity index (χ2n) is 4.38. The van der Waals surface area contributed by atoms with E-state index in [-0.39, 0.29) is 17.8 Å². The molecule has 2 N–H and O–H groups in total. The van der Waals surface area contributed by atoms with Gasteiger partial charge in [-0.25, -0.2) is 8.78 Å². The smallest absolute Gasteiger partial charge is 0.276 e. The second kappa shape index (κ2) is 4.03. The van der Waals surface area contributed by atoms with Gasteiger partial charge < -0.3 is 5.73 Å². The lowest BCUT2D eigenvalue weighted by Crippen LogP contribution is -2.42. The van der Waals surface area contributed by atoms with Gasteiger partial charge in [-0.3, -0.25) is 10.1 Å². The maximum absolute atomic E-state index is 13.2. The molecule has 0 bridgehead atoms. The molecule has 0 atom stereocenters. The Morgan fingerprint density at radius 1 is 1.35 bits per heavy atom. The summed E-state index contributed by atoms with van der Waals surface area (Å²) in [6, 6.07) is 1.56. The molecule has 0 amide bonds. The average Bonchev–Trinajstić information content (AvgIpc) is 2.21. The molecule has 4 nitrogen and oxygen atoms in total. The third-order valence-corrected chi connectivity index (χ3v) is 3.51. The van der Waals surface area contributed by atoms with Crippen LogP contribution in [0.15, 0.2) is 12.1 Å². The number of nitrogens with zero attached hydrogens (tertiary/aromatic N) is 1. The van der Waals surface area contributed by atoms with Crippen LogP contribution in [-0.4, -0.2) is 11.5 Å². The van der Waals surface area contributed by atoms with Crippen molar-refractivity contribution in [1.29, 1.82) is 0 Å². The third-order valence-electron chi connectivity index (χ3n) is 3.51. The largest absolute Gasteiger partial charge is 0.330 e. The van der Waals surface area contributed by atoms with E-state index in [1.165, 1.54) is 0 Å². The number of nitro groups is 1. The predicted octanol–water partition coefficient (Wildman–Crippen LogP) is 2.25. The summed E-state index contributed by atoms with van der Waals surface area (Å²) >= 11 is 0. The molecular formula is C11H12F2N2O2. The molecule has 2 rings (SSSR count). The Morgan fingerprint density at radius 3 is 2.35 bits per heavy atom. The summed E-state index contributed by atoms with van der Waals surface area (Å²) in [5.74, 6) is -2.27. The van der Waals surface area contributed by atoms with E-state index < -0.39 is 22.0 Å². The van der Waals surface area contributed by atoms with Gasteiger partial charge in [-0.2, -0.15) is 0 Å². The van der Waals surface area contributed by atoms with Crippen molar-refractivity contribution in [1.82, 2.24) is 0 Å². The van der Waals surface area contributed by atoms with Crippen LogP contribution in [-0.2, 0) is 5.41 Å². The SMILES string of the molecule is NCC1(c2cc(F)c(F)cc2[N+](=O)[O-])CCC1. The first-order valence-electron chi connectivity index (χ1n) is 5.34. The van der Waals surface area contributed by atoms with Crippen molar-refractivity contribution in [2.45, 2.75) is 24.7 Å². The van der Waals surface area contributed by atoms with E-state index in [2.05, 4.69) is 0 Å². The molecule has 0 heterocycles. The van der Waals surface area contributed by atoms with Gasteiger partial charge in [0.25, 0.3) is 5.69 Å². The number of halogens is 2. The molecule has 0 spiro atoms. The van der Waals surface area contributed by atoms with Crippen LogP contribution in [0.3, 0.4) is 0 Å². The zero-order valence-electron chi connectivity index (χ0n) is 9.08. The van der Waals surface area contributed by atoms with E-state index in [1.807, 2.05) is 0 Å². The van der Waals surface area contributed by atoms with E-state index in [0.29, 0.717) is 18.9 Å².